The van der Waals surface area contributed by atoms with E-state index in [1.54, 1.807) is 0 Å². The van der Waals surface area contributed by atoms with Crippen LogP contribution in [0.15, 0.2) is 60.9 Å². The first-order chi connectivity index (χ1) is 17.5. The first kappa shape index (κ1) is 22.0. The van der Waals surface area contributed by atoms with Gasteiger partial charge in [-0.15, -0.1) is 0 Å². The highest BCUT2D eigenvalue weighted by Crippen LogP contribution is 2.35. The summed E-state index contributed by atoms with van der Waals surface area (Å²) in [6.45, 7) is 0. The van der Waals surface area contributed by atoms with Gasteiger partial charge in [-0.25, -0.2) is 14.6 Å². The van der Waals surface area contributed by atoms with E-state index in [1.807, 2.05) is 70.9 Å². The van der Waals surface area contributed by atoms with Crippen LogP contribution < -0.4 is 11.1 Å². The average Bonchev–Trinajstić information content (AvgIpc) is 3.45. The minimum absolute atomic E-state index is 0.0904. The number of benzene rings is 2. The fourth-order valence-electron chi connectivity index (χ4n) is 5.03. The molecule has 3 aromatic heterocycles. The summed E-state index contributed by atoms with van der Waals surface area (Å²) >= 11 is 0. The number of hydrogen-bond acceptors (Lipinski definition) is 6. The van der Waals surface area contributed by atoms with Gasteiger partial charge in [0.2, 0.25) is 0 Å². The van der Waals surface area contributed by atoms with Crippen LogP contribution in [-0.4, -0.2) is 36.0 Å². The number of para-hydroxylation sites is 1. The van der Waals surface area contributed by atoms with Crippen molar-refractivity contribution >= 4 is 45.1 Å². The molecule has 3 N–H and O–H groups in total. The van der Waals surface area contributed by atoms with Crippen molar-refractivity contribution in [3.63, 3.8) is 0 Å². The number of nitrogens with one attached hydrogen (secondary N) is 1. The molecule has 0 radical (unpaired) electrons. The van der Waals surface area contributed by atoms with E-state index in [9.17, 15) is 9.59 Å². The van der Waals surface area contributed by atoms with E-state index >= 15 is 0 Å². The number of carbonyl (C=O) groups excluding carboxylic acids is 2. The largest absolute Gasteiger partial charge is 0.383 e. The number of ketones is 1. The SMILES string of the molecule is Cn1c(C(=O)Nc2ccc(-c3nn(C4CCC(=O)CC4)c4ncnc(N)c34)cc2)cc2ccccc21. The van der Waals surface area contributed by atoms with E-state index in [0.717, 1.165) is 29.3 Å². The molecule has 1 aliphatic rings. The van der Waals surface area contributed by atoms with Gasteiger partial charge in [0.05, 0.1) is 11.4 Å². The van der Waals surface area contributed by atoms with Gasteiger partial charge in [-0.3, -0.25) is 9.59 Å². The Balaban J connectivity index is 1.30. The Labute approximate surface area is 207 Å². The Morgan fingerprint density at radius 1 is 1.06 bits per heavy atom. The quantitative estimate of drug-likeness (QED) is 0.391. The predicted octanol–water partition coefficient (Wildman–Crippen LogP) is 4.50. The van der Waals surface area contributed by atoms with Crippen LogP contribution in [0.5, 0.6) is 0 Å². The van der Waals surface area contributed by atoms with Crippen LogP contribution in [0.1, 0.15) is 42.2 Å². The molecule has 3 heterocycles. The van der Waals surface area contributed by atoms with E-state index in [0.29, 0.717) is 46.8 Å². The van der Waals surface area contributed by atoms with Gasteiger partial charge in [-0.05, 0) is 37.1 Å². The van der Waals surface area contributed by atoms with E-state index in [2.05, 4.69) is 15.3 Å². The van der Waals surface area contributed by atoms with Crippen molar-refractivity contribution < 1.29 is 9.59 Å². The van der Waals surface area contributed by atoms with Gasteiger partial charge in [-0.1, -0.05) is 30.3 Å². The molecule has 0 saturated heterocycles. The molecule has 0 spiro atoms. The molecule has 0 bridgehead atoms. The molecule has 9 nitrogen and oxygen atoms in total. The van der Waals surface area contributed by atoms with Crippen molar-refractivity contribution in [2.75, 3.05) is 11.1 Å². The molecular weight excluding hydrogens is 454 g/mol. The highest BCUT2D eigenvalue weighted by atomic mass is 16.2. The lowest BCUT2D eigenvalue weighted by Crippen LogP contribution is -2.19. The number of aryl methyl sites for hydroxylation is 1. The number of Topliss-reactive ketones (excluding diaryl/α,β-unsaturated/α-hetero) is 1. The summed E-state index contributed by atoms with van der Waals surface area (Å²) in [4.78, 5) is 33.4. The molecule has 2 aromatic carbocycles. The standard InChI is InChI=1S/C27H25N7O2/c1-33-21-5-3-2-4-17(21)14-22(33)27(36)31-18-8-6-16(7-9-18)24-23-25(28)29-15-30-26(23)34(32-24)19-10-12-20(35)13-11-19/h2-9,14-15,19H,10-13H2,1H3,(H,31,36)(H2,28,29,30). The average molecular weight is 480 g/mol. The summed E-state index contributed by atoms with van der Waals surface area (Å²) in [5.74, 6) is 0.472. The molecule has 1 saturated carbocycles. The Morgan fingerprint density at radius 3 is 2.56 bits per heavy atom. The molecule has 180 valence electrons. The van der Waals surface area contributed by atoms with E-state index < -0.39 is 0 Å². The number of rotatable bonds is 4. The van der Waals surface area contributed by atoms with Crippen LogP contribution in [0.25, 0.3) is 33.2 Å². The predicted molar refractivity (Wildman–Crippen MR) is 139 cm³/mol. The number of nitrogens with two attached hydrogens (primary N) is 1. The van der Waals surface area contributed by atoms with Crippen LogP contribution in [0, 0.1) is 0 Å². The number of fused-ring (bicyclic) bond motifs is 2. The summed E-state index contributed by atoms with van der Waals surface area (Å²) in [5.41, 5.74) is 10.7. The van der Waals surface area contributed by atoms with Crippen LogP contribution in [-0.2, 0) is 11.8 Å². The van der Waals surface area contributed by atoms with E-state index in [-0.39, 0.29) is 17.7 Å². The number of nitrogen functional groups attached to an aromatic ring is 1. The van der Waals surface area contributed by atoms with Crippen LogP contribution in [0.2, 0.25) is 0 Å². The highest BCUT2D eigenvalue weighted by Gasteiger charge is 2.26. The first-order valence-corrected chi connectivity index (χ1v) is 12.0. The Morgan fingerprint density at radius 2 is 1.81 bits per heavy atom. The molecule has 0 aliphatic heterocycles. The van der Waals surface area contributed by atoms with Crippen molar-refractivity contribution in [2.45, 2.75) is 31.7 Å². The number of anilines is 2. The fraction of sp³-hybridized carbons (Fsp3) is 0.222. The summed E-state index contributed by atoms with van der Waals surface area (Å²) < 4.78 is 3.78. The first-order valence-electron chi connectivity index (χ1n) is 12.0. The molecule has 9 heteroatoms. The van der Waals surface area contributed by atoms with Crippen molar-refractivity contribution in [3.8, 4) is 11.3 Å². The molecule has 36 heavy (non-hydrogen) atoms. The van der Waals surface area contributed by atoms with Crippen molar-refractivity contribution in [1.29, 1.82) is 0 Å². The number of hydrogen-bond donors (Lipinski definition) is 2. The van der Waals surface area contributed by atoms with Crippen molar-refractivity contribution in [1.82, 2.24) is 24.3 Å². The Hall–Kier alpha value is -4.53. The number of amides is 1. The lowest BCUT2D eigenvalue weighted by Gasteiger charge is -2.21. The fourth-order valence-corrected chi connectivity index (χ4v) is 5.03. The third-order valence-electron chi connectivity index (χ3n) is 6.98. The molecule has 6 rings (SSSR count). The lowest BCUT2D eigenvalue weighted by atomic mass is 9.94. The second-order valence-corrected chi connectivity index (χ2v) is 9.20. The molecule has 0 unspecified atom stereocenters. The molecule has 1 fully saturated rings. The van der Waals surface area contributed by atoms with Gasteiger partial charge >= 0.3 is 0 Å². The number of aromatic nitrogens is 5. The van der Waals surface area contributed by atoms with E-state index in [1.165, 1.54) is 6.33 Å². The second kappa shape index (κ2) is 8.60. The van der Waals surface area contributed by atoms with E-state index in [4.69, 9.17) is 10.8 Å². The summed E-state index contributed by atoms with van der Waals surface area (Å²) in [5, 5.41) is 9.57. The van der Waals surface area contributed by atoms with Crippen LogP contribution in [0.4, 0.5) is 11.5 Å². The minimum Gasteiger partial charge on any atom is -0.383 e. The molecular formula is C27H25N7O2. The molecule has 0 atom stereocenters. The third-order valence-corrected chi connectivity index (χ3v) is 6.98. The number of nitrogens with zero attached hydrogens (tertiary/aromatic N) is 5. The zero-order valence-electron chi connectivity index (χ0n) is 19.8. The van der Waals surface area contributed by atoms with Crippen molar-refractivity contribution in [3.05, 3.63) is 66.6 Å². The summed E-state index contributed by atoms with van der Waals surface area (Å²) in [7, 11) is 1.89. The maximum Gasteiger partial charge on any atom is 0.272 e. The van der Waals surface area contributed by atoms with Gasteiger partial charge in [-0.2, -0.15) is 5.10 Å². The second-order valence-electron chi connectivity index (χ2n) is 9.20. The Kier molecular flexibility index (Phi) is 5.25. The van der Waals surface area contributed by atoms with Crippen LogP contribution in [0.3, 0.4) is 0 Å². The van der Waals surface area contributed by atoms with Gasteiger partial charge in [0.25, 0.3) is 5.91 Å². The zero-order chi connectivity index (χ0) is 24.8. The Bertz CT molecular complexity index is 1620. The summed E-state index contributed by atoms with van der Waals surface area (Å²) in [6, 6.07) is 17.4. The van der Waals surface area contributed by atoms with Gasteiger partial charge in [0.15, 0.2) is 5.65 Å². The third kappa shape index (κ3) is 3.69. The highest BCUT2D eigenvalue weighted by molar-refractivity contribution is 6.06. The molecule has 1 aliphatic carbocycles. The van der Waals surface area contributed by atoms with Crippen molar-refractivity contribution in [2.24, 2.45) is 7.05 Å². The molecule has 1 amide bonds. The maximum absolute atomic E-state index is 13.0. The monoisotopic (exact) mass is 479 g/mol. The van der Waals surface area contributed by atoms with Gasteiger partial charge in [0, 0.05) is 42.0 Å². The lowest BCUT2D eigenvalue weighted by molar-refractivity contribution is -0.120. The normalized spacial score (nSPS) is 14.5. The molecule has 5 aromatic rings. The minimum atomic E-state index is -0.180. The number of carbonyl (C=O) groups is 2. The van der Waals surface area contributed by atoms with Crippen LogP contribution >= 0.6 is 0 Å². The maximum atomic E-state index is 13.0. The van der Waals surface area contributed by atoms with Gasteiger partial charge < -0.3 is 15.6 Å². The van der Waals surface area contributed by atoms with Gasteiger partial charge in [0.1, 0.15) is 29.3 Å². The smallest absolute Gasteiger partial charge is 0.272 e. The summed E-state index contributed by atoms with van der Waals surface area (Å²) in [6.07, 6.45) is 4.01. The zero-order valence-corrected chi connectivity index (χ0v) is 19.8. The topological polar surface area (TPSA) is 121 Å².